The summed E-state index contributed by atoms with van der Waals surface area (Å²) in [6.07, 6.45) is 8.30. The molecule has 0 aromatic carbocycles. The van der Waals surface area contributed by atoms with Crippen LogP contribution in [-0.2, 0) is 0 Å². The van der Waals surface area contributed by atoms with Crippen molar-refractivity contribution in [2.75, 3.05) is 13.1 Å². The maximum atomic E-state index is 4.11. The Balaban J connectivity index is 1.86. The van der Waals surface area contributed by atoms with Gasteiger partial charge in [0.25, 0.3) is 0 Å². The molecule has 3 atom stereocenters. The fourth-order valence-electron chi connectivity index (χ4n) is 3.02. The zero-order valence-corrected chi connectivity index (χ0v) is 8.19. The van der Waals surface area contributed by atoms with Gasteiger partial charge in [-0.25, -0.2) is 9.97 Å². The first-order valence-electron chi connectivity index (χ1n) is 5.39. The fourth-order valence-corrected chi connectivity index (χ4v) is 3.02. The highest BCUT2D eigenvalue weighted by molar-refractivity contribution is 5.15. The van der Waals surface area contributed by atoms with Gasteiger partial charge in [0.1, 0.15) is 6.33 Å². The molecule has 1 aromatic heterocycles. The minimum atomic E-state index is 0.705. The number of hydrogen-bond acceptors (Lipinski definition) is 3. The average molecular weight is 189 g/mol. The van der Waals surface area contributed by atoms with E-state index in [-0.39, 0.29) is 0 Å². The summed E-state index contributed by atoms with van der Waals surface area (Å²) in [6.45, 7) is 2.39. The van der Waals surface area contributed by atoms with Crippen molar-refractivity contribution >= 4 is 0 Å². The number of nitrogens with zero attached hydrogens (tertiary/aromatic N) is 2. The molecule has 1 aliphatic heterocycles. The van der Waals surface area contributed by atoms with Crippen LogP contribution < -0.4 is 5.32 Å². The number of fused-ring (bicyclic) bond motifs is 2. The lowest BCUT2D eigenvalue weighted by Crippen LogP contribution is -2.31. The maximum Gasteiger partial charge on any atom is 0.115 e. The summed E-state index contributed by atoms with van der Waals surface area (Å²) < 4.78 is 0. The minimum Gasteiger partial charge on any atom is -0.316 e. The van der Waals surface area contributed by atoms with E-state index < -0.39 is 0 Å². The van der Waals surface area contributed by atoms with Crippen LogP contribution >= 0.6 is 0 Å². The Hall–Kier alpha value is -0.960. The van der Waals surface area contributed by atoms with Gasteiger partial charge in [-0.05, 0) is 49.2 Å². The van der Waals surface area contributed by atoms with E-state index in [4.69, 9.17) is 0 Å². The summed E-state index contributed by atoms with van der Waals surface area (Å²) >= 11 is 0. The summed E-state index contributed by atoms with van der Waals surface area (Å²) in [6, 6.07) is 0. The monoisotopic (exact) mass is 189 g/mol. The van der Waals surface area contributed by atoms with Crippen LogP contribution in [0, 0.1) is 11.8 Å². The first-order valence-corrected chi connectivity index (χ1v) is 5.39. The number of nitrogens with one attached hydrogen (secondary N) is 1. The third-order valence-corrected chi connectivity index (χ3v) is 3.64. The number of hydrogen-bond donors (Lipinski definition) is 1. The van der Waals surface area contributed by atoms with Crippen LogP contribution in [0.15, 0.2) is 18.7 Å². The Morgan fingerprint density at radius 3 is 2.79 bits per heavy atom. The second kappa shape index (κ2) is 3.31. The van der Waals surface area contributed by atoms with Crippen molar-refractivity contribution in [2.24, 2.45) is 11.8 Å². The lowest BCUT2D eigenvalue weighted by Gasteiger charge is -2.21. The first kappa shape index (κ1) is 8.36. The van der Waals surface area contributed by atoms with E-state index in [1.165, 1.54) is 31.5 Å². The van der Waals surface area contributed by atoms with Gasteiger partial charge in [-0.3, -0.25) is 0 Å². The zero-order chi connectivity index (χ0) is 9.38. The maximum absolute atomic E-state index is 4.11. The third kappa shape index (κ3) is 1.32. The predicted molar refractivity (Wildman–Crippen MR) is 53.9 cm³/mol. The van der Waals surface area contributed by atoms with Crippen molar-refractivity contribution < 1.29 is 0 Å². The van der Waals surface area contributed by atoms with Crippen LogP contribution in [0.5, 0.6) is 0 Å². The van der Waals surface area contributed by atoms with Crippen LogP contribution in [-0.4, -0.2) is 23.1 Å². The average Bonchev–Trinajstić information content (AvgIpc) is 2.55. The highest BCUT2D eigenvalue weighted by Crippen LogP contribution is 2.43. The van der Waals surface area contributed by atoms with Crippen molar-refractivity contribution in [1.82, 2.24) is 15.3 Å². The van der Waals surface area contributed by atoms with Crippen LogP contribution in [0.2, 0.25) is 0 Å². The smallest absolute Gasteiger partial charge is 0.115 e. The van der Waals surface area contributed by atoms with Crippen molar-refractivity contribution in [1.29, 1.82) is 0 Å². The molecule has 2 heterocycles. The van der Waals surface area contributed by atoms with Gasteiger partial charge in [0.05, 0.1) is 0 Å². The van der Waals surface area contributed by atoms with Crippen molar-refractivity contribution in [3.05, 3.63) is 24.3 Å². The van der Waals surface area contributed by atoms with Crippen molar-refractivity contribution in [2.45, 2.75) is 18.8 Å². The predicted octanol–water partition coefficient (Wildman–Crippen LogP) is 1.19. The normalized spacial score (nSPS) is 35.9. The van der Waals surface area contributed by atoms with Crippen LogP contribution in [0.3, 0.4) is 0 Å². The van der Waals surface area contributed by atoms with E-state index in [9.17, 15) is 0 Å². The molecule has 3 heteroatoms. The second-order valence-corrected chi connectivity index (χ2v) is 4.53. The van der Waals surface area contributed by atoms with E-state index in [0.29, 0.717) is 5.92 Å². The van der Waals surface area contributed by atoms with Gasteiger partial charge in [0, 0.05) is 12.4 Å². The van der Waals surface area contributed by atoms with Crippen molar-refractivity contribution in [3.63, 3.8) is 0 Å². The molecular weight excluding hydrogens is 174 g/mol. The van der Waals surface area contributed by atoms with E-state index in [0.717, 1.165) is 11.8 Å². The van der Waals surface area contributed by atoms with Gasteiger partial charge in [-0.2, -0.15) is 0 Å². The van der Waals surface area contributed by atoms with Crippen LogP contribution in [0.4, 0.5) is 0 Å². The number of rotatable bonds is 1. The molecule has 3 nitrogen and oxygen atoms in total. The molecule has 0 amide bonds. The van der Waals surface area contributed by atoms with Gasteiger partial charge in [0.2, 0.25) is 0 Å². The highest BCUT2D eigenvalue weighted by atomic mass is 14.9. The van der Waals surface area contributed by atoms with Gasteiger partial charge < -0.3 is 5.32 Å². The third-order valence-electron chi connectivity index (χ3n) is 3.64. The molecule has 1 aromatic rings. The molecule has 1 saturated carbocycles. The molecule has 1 aliphatic carbocycles. The van der Waals surface area contributed by atoms with Crippen LogP contribution in [0.25, 0.3) is 0 Å². The second-order valence-electron chi connectivity index (χ2n) is 4.53. The highest BCUT2D eigenvalue weighted by Gasteiger charge is 2.37. The van der Waals surface area contributed by atoms with Gasteiger partial charge >= 0.3 is 0 Å². The largest absolute Gasteiger partial charge is 0.316 e. The summed E-state index contributed by atoms with van der Waals surface area (Å²) in [5, 5.41) is 3.51. The Labute approximate surface area is 84.0 Å². The lowest BCUT2D eigenvalue weighted by atomic mass is 9.91. The van der Waals surface area contributed by atoms with E-state index in [1.54, 1.807) is 6.33 Å². The van der Waals surface area contributed by atoms with Crippen LogP contribution in [0.1, 0.15) is 24.3 Å². The molecule has 2 fully saturated rings. The Morgan fingerprint density at radius 1 is 1.14 bits per heavy atom. The standard InChI is InChI=1S/C11H15N3/c1-8-2-11(9(1)4-12-3-8)10-5-13-7-14-6-10/h5-9,11-12H,1-4H2. The number of aromatic nitrogens is 2. The quantitative estimate of drug-likeness (QED) is 0.721. The molecule has 74 valence electrons. The van der Waals surface area contributed by atoms with Gasteiger partial charge in [-0.15, -0.1) is 0 Å². The molecule has 3 unspecified atom stereocenters. The zero-order valence-electron chi connectivity index (χ0n) is 8.19. The molecule has 3 rings (SSSR count). The SMILES string of the molecule is c1ncc(C2CC3CNCC2C3)cn1. The number of piperidine rings is 1. The summed E-state index contributed by atoms with van der Waals surface area (Å²) in [5.41, 5.74) is 1.34. The van der Waals surface area contributed by atoms with E-state index in [1.807, 2.05) is 12.4 Å². The lowest BCUT2D eigenvalue weighted by molar-refractivity contribution is 0.370. The summed E-state index contributed by atoms with van der Waals surface area (Å²) in [4.78, 5) is 8.22. The fraction of sp³-hybridized carbons (Fsp3) is 0.636. The van der Waals surface area contributed by atoms with E-state index in [2.05, 4.69) is 15.3 Å². The van der Waals surface area contributed by atoms with E-state index >= 15 is 0 Å². The Morgan fingerprint density at radius 2 is 2.00 bits per heavy atom. The molecule has 2 bridgehead atoms. The first-order chi connectivity index (χ1) is 6.93. The summed E-state index contributed by atoms with van der Waals surface area (Å²) in [5.74, 6) is 2.41. The molecule has 2 aliphatic rings. The van der Waals surface area contributed by atoms with Crippen molar-refractivity contribution in [3.8, 4) is 0 Å². The minimum absolute atomic E-state index is 0.705. The molecular formula is C11H15N3. The Kier molecular flexibility index (Phi) is 1.98. The Bertz CT molecular complexity index is 312. The molecule has 14 heavy (non-hydrogen) atoms. The molecule has 1 saturated heterocycles. The topological polar surface area (TPSA) is 37.8 Å². The molecule has 0 radical (unpaired) electrons. The molecule has 1 N–H and O–H groups in total. The van der Waals surface area contributed by atoms with Gasteiger partial charge in [0.15, 0.2) is 0 Å². The van der Waals surface area contributed by atoms with Gasteiger partial charge in [-0.1, -0.05) is 0 Å². The summed E-state index contributed by atoms with van der Waals surface area (Å²) in [7, 11) is 0. The molecule has 0 spiro atoms.